The first-order valence-electron chi connectivity index (χ1n) is 9.50. The molecule has 0 spiro atoms. The Morgan fingerprint density at radius 1 is 1.11 bits per heavy atom. The number of unbranched alkanes of at least 4 members (excludes halogenated alkanes) is 1. The summed E-state index contributed by atoms with van der Waals surface area (Å²) >= 11 is 0. The standard InChI is InChI=1S/C23H28N2O2/c1-4-11-18-12-5-8-15-21(18)27-17-10-9-16-25-20-14-7-6-13-19(20)24-22(25)23(2,3)26/h4-8,12-15,26H,1,9-11,16-17H2,2-3H3. The number of ether oxygens (including phenoxy) is 1. The Labute approximate surface area is 161 Å². The van der Waals surface area contributed by atoms with Gasteiger partial charge in [-0.1, -0.05) is 36.4 Å². The number of hydrogen-bond acceptors (Lipinski definition) is 3. The number of benzene rings is 2. The van der Waals surface area contributed by atoms with Crippen molar-refractivity contribution in [2.45, 2.75) is 45.3 Å². The van der Waals surface area contributed by atoms with Crippen LogP contribution in [0.4, 0.5) is 0 Å². The van der Waals surface area contributed by atoms with E-state index >= 15 is 0 Å². The van der Waals surface area contributed by atoms with E-state index in [0.29, 0.717) is 12.4 Å². The molecule has 1 N–H and O–H groups in total. The van der Waals surface area contributed by atoms with Crippen LogP contribution in [0.3, 0.4) is 0 Å². The van der Waals surface area contributed by atoms with E-state index in [1.165, 1.54) is 0 Å². The molecular formula is C23H28N2O2. The average molecular weight is 364 g/mol. The molecule has 0 saturated heterocycles. The second-order valence-corrected chi connectivity index (χ2v) is 7.29. The molecule has 0 amide bonds. The summed E-state index contributed by atoms with van der Waals surface area (Å²) in [7, 11) is 0. The Hall–Kier alpha value is -2.59. The van der Waals surface area contributed by atoms with Crippen molar-refractivity contribution in [3.63, 3.8) is 0 Å². The highest BCUT2D eigenvalue weighted by Gasteiger charge is 2.24. The van der Waals surface area contributed by atoms with Crippen LogP contribution in [-0.4, -0.2) is 21.3 Å². The molecular weight excluding hydrogens is 336 g/mol. The van der Waals surface area contributed by atoms with Crippen molar-refractivity contribution >= 4 is 11.0 Å². The number of fused-ring (bicyclic) bond motifs is 1. The topological polar surface area (TPSA) is 47.3 Å². The fourth-order valence-electron chi connectivity index (χ4n) is 3.29. The Bertz CT molecular complexity index is 906. The summed E-state index contributed by atoms with van der Waals surface area (Å²) in [5.41, 5.74) is 2.17. The van der Waals surface area contributed by atoms with Crippen molar-refractivity contribution in [1.82, 2.24) is 9.55 Å². The number of rotatable bonds is 9. The van der Waals surface area contributed by atoms with Crippen LogP contribution in [0.2, 0.25) is 0 Å². The highest BCUT2D eigenvalue weighted by molar-refractivity contribution is 5.76. The lowest BCUT2D eigenvalue weighted by Crippen LogP contribution is -2.22. The zero-order valence-electron chi connectivity index (χ0n) is 16.2. The minimum atomic E-state index is -0.973. The summed E-state index contributed by atoms with van der Waals surface area (Å²) in [4.78, 5) is 4.63. The van der Waals surface area contributed by atoms with Gasteiger partial charge in [0.05, 0.1) is 17.6 Å². The minimum Gasteiger partial charge on any atom is -0.493 e. The van der Waals surface area contributed by atoms with Crippen LogP contribution in [0, 0.1) is 0 Å². The molecule has 4 heteroatoms. The van der Waals surface area contributed by atoms with Gasteiger partial charge in [-0.2, -0.15) is 0 Å². The van der Waals surface area contributed by atoms with E-state index in [1.54, 1.807) is 13.8 Å². The lowest BCUT2D eigenvalue weighted by molar-refractivity contribution is 0.0650. The maximum absolute atomic E-state index is 10.5. The van der Waals surface area contributed by atoms with Gasteiger partial charge in [-0.25, -0.2) is 4.98 Å². The molecule has 0 aliphatic heterocycles. The van der Waals surface area contributed by atoms with Crippen LogP contribution in [0.1, 0.15) is 38.1 Å². The molecule has 2 aromatic carbocycles. The highest BCUT2D eigenvalue weighted by atomic mass is 16.5. The smallest absolute Gasteiger partial charge is 0.141 e. The number of para-hydroxylation sites is 3. The van der Waals surface area contributed by atoms with Crippen LogP contribution in [0.15, 0.2) is 61.2 Å². The lowest BCUT2D eigenvalue weighted by atomic mass is 10.1. The fourth-order valence-corrected chi connectivity index (χ4v) is 3.29. The van der Waals surface area contributed by atoms with Gasteiger partial charge in [-0.3, -0.25) is 0 Å². The maximum atomic E-state index is 10.5. The number of allylic oxidation sites excluding steroid dienone is 1. The first-order valence-corrected chi connectivity index (χ1v) is 9.50. The molecule has 0 radical (unpaired) electrons. The monoisotopic (exact) mass is 364 g/mol. The van der Waals surface area contributed by atoms with Gasteiger partial charge >= 0.3 is 0 Å². The second kappa shape index (κ2) is 8.40. The van der Waals surface area contributed by atoms with Crippen molar-refractivity contribution in [1.29, 1.82) is 0 Å². The van der Waals surface area contributed by atoms with E-state index in [-0.39, 0.29) is 0 Å². The Morgan fingerprint density at radius 2 is 1.85 bits per heavy atom. The summed E-state index contributed by atoms with van der Waals surface area (Å²) in [5.74, 6) is 1.64. The van der Waals surface area contributed by atoms with E-state index in [4.69, 9.17) is 4.74 Å². The molecule has 1 heterocycles. The van der Waals surface area contributed by atoms with Crippen LogP contribution < -0.4 is 4.74 Å². The van der Waals surface area contributed by atoms with Crippen molar-refractivity contribution in [2.24, 2.45) is 0 Å². The average Bonchev–Trinajstić information content (AvgIpc) is 3.02. The number of aliphatic hydroxyl groups is 1. The predicted molar refractivity (Wildman–Crippen MR) is 110 cm³/mol. The van der Waals surface area contributed by atoms with E-state index in [9.17, 15) is 5.11 Å². The van der Waals surface area contributed by atoms with Gasteiger partial charge in [0.15, 0.2) is 0 Å². The molecule has 27 heavy (non-hydrogen) atoms. The fraction of sp³-hybridized carbons (Fsp3) is 0.348. The van der Waals surface area contributed by atoms with E-state index in [0.717, 1.165) is 48.2 Å². The summed E-state index contributed by atoms with van der Waals surface area (Å²) in [6.45, 7) is 8.84. The third kappa shape index (κ3) is 4.58. The van der Waals surface area contributed by atoms with Crippen LogP contribution in [0.25, 0.3) is 11.0 Å². The quantitative estimate of drug-likeness (QED) is 0.436. The minimum absolute atomic E-state index is 0.665. The number of imidazole rings is 1. The predicted octanol–water partition coefficient (Wildman–Crippen LogP) is 4.85. The van der Waals surface area contributed by atoms with Gasteiger partial charge in [-0.05, 0) is 56.9 Å². The SMILES string of the molecule is C=CCc1ccccc1OCCCCn1c(C(C)(C)O)nc2ccccc21. The summed E-state index contributed by atoms with van der Waals surface area (Å²) in [5, 5.41) is 10.5. The maximum Gasteiger partial charge on any atom is 0.141 e. The molecule has 0 atom stereocenters. The number of hydrogen-bond donors (Lipinski definition) is 1. The van der Waals surface area contributed by atoms with Gasteiger partial charge in [0.1, 0.15) is 17.2 Å². The second-order valence-electron chi connectivity index (χ2n) is 7.29. The zero-order valence-corrected chi connectivity index (χ0v) is 16.2. The molecule has 3 aromatic rings. The van der Waals surface area contributed by atoms with Gasteiger partial charge < -0.3 is 14.4 Å². The third-order valence-corrected chi connectivity index (χ3v) is 4.57. The Morgan fingerprint density at radius 3 is 2.63 bits per heavy atom. The third-order valence-electron chi connectivity index (χ3n) is 4.57. The van der Waals surface area contributed by atoms with Gasteiger partial charge in [0.25, 0.3) is 0 Å². The van der Waals surface area contributed by atoms with Crippen molar-refractivity contribution < 1.29 is 9.84 Å². The molecule has 0 bridgehead atoms. The molecule has 0 aliphatic rings. The number of aryl methyl sites for hydroxylation is 1. The zero-order chi connectivity index (χ0) is 19.3. The van der Waals surface area contributed by atoms with Gasteiger partial charge in [0.2, 0.25) is 0 Å². The molecule has 3 rings (SSSR count). The van der Waals surface area contributed by atoms with E-state index in [1.807, 2.05) is 42.5 Å². The van der Waals surface area contributed by atoms with Crippen LogP contribution >= 0.6 is 0 Å². The van der Waals surface area contributed by atoms with Crippen molar-refractivity contribution in [3.8, 4) is 5.75 Å². The molecule has 0 unspecified atom stereocenters. The molecule has 0 fully saturated rings. The number of nitrogens with zero attached hydrogens (tertiary/aromatic N) is 2. The summed E-state index contributed by atoms with van der Waals surface area (Å²) < 4.78 is 8.10. The van der Waals surface area contributed by atoms with Crippen LogP contribution in [0.5, 0.6) is 5.75 Å². The summed E-state index contributed by atoms with van der Waals surface area (Å²) in [6, 6.07) is 16.1. The first-order chi connectivity index (χ1) is 13.0. The molecule has 4 nitrogen and oxygen atoms in total. The van der Waals surface area contributed by atoms with Crippen LogP contribution in [-0.2, 0) is 18.6 Å². The molecule has 0 saturated carbocycles. The molecule has 1 aromatic heterocycles. The lowest BCUT2D eigenvalue weighted by Gasteiger charge is -2.19. The van der Waals surface area contributed by atoms with E-state index in [2.05, 4.69) is 28.3 Å². The van der Waals surface area contributed by atoms with Gasteiger partial charge in [-0.15, -0.1) is 6.58 Å². The van der Waals surface area contributed by atoms with E-state index < -0.39 is 5.60 Å². The van der Waals surface area contributed by atoms with Crippen molar-refractivity contribution in [2.75, 3.05) is 6.61 Å². The Balaban J connectivity index is 1.62. The highest BCUT2D eigenvalue weighted by Crippen LogP contribution is 2.25. The van der Waals surface area contributed by atoms with Crippen molar-refractivity contribution in [3.05, 3.63) is 72.6 Å². The first kappa shape index (κ1) is 19.2. The Kier molecular flexibility index (Phi) is 5.97. The largest absolute Gasteiger partial charge is 0.493 e. The normalized spacial score (nSPS) is 11.7. The summed E-state index contributed by atoms with van der Waals surface area (Å²) in [6.07, 6.45) is 4.59. The molecule has 142 valence electrons. The molecule has 0 aliphatic carbocycles. The number of aromatic nitrogens is 2. The van der Waals surface area contributed by atoms with Gasteiger partial charge in [0, 0.05) is 6.54 Å².